The van der Waals surface area contributed by atoms with Crippen LogP contribution in [0.2, 0.25) is 5.02 Å². The first kappa shape index (κ1) is 20.8. The lowest BCUT2D eigenvalue weighted by atomic mass is 10.2. The molecule has 152 valence electrons. The van der Waals surface area contributed by atoms with E-state index in [2.05, 4.69) is 22.2 Å². The van der Waals surface area contributed by atoms with Crippen LogP contribution in [0.5, 0.6) is 5.75 Å². The summed E-state index contributed by atoms with van der Waals surface area (Å²) in [5, 5.41) is 4.42. The van der Waals surface area contributed by atoms with Gasteiger partial charge in [0.05, 0.1) is 11.7 Å². The van der Waals surface area contributed by atoms with Crippen LogP contribution in [0.25, 0.3) is 10.9 Å². The molecule has 0 radical (unpaired) electrons. The van der Waals surface area contributed by atoms with Gasteiger partial charge in [-0.05, 0) is 30.7 Å². The van der Waals surface area contributed by atoms with Gasteiger partial charge in [0.2, 0.25) is 0 Å². The van der Waals surface area contributed by atoms with Crippen molar-refractivity contribution < 1.29 is 9.53 Å². The third-order valence-corrected chi connectivity index (χ3v) is 4.78. The number of ketones is 1. The number of nitrogens with zero attached hydrogens (tertiary/aromatic N) is 3. The highest BCUT2D eigenvalue weighted by atomic mass is 35.5. The van der Waals surface area contributed by atoms with E-state index in [9.17, 15) is 9.59 Å². The molecule has 0 aliphatic rings. The molecular formula is C21H23ClN4O3. The normalized spacial score (nSPS) is 10.9. The van der Waals surface area contributed by atoms with Crippen LogP contribution in [0, 0.1) is 0 Å². The fourth-order valence-corrected chi connectivity index (χ4v) is 3.01. The van der Waals surface area contributed by atoms with Crippen molar-refractivity contribution in [1.29, 1.82) is 0 Å². The van der Waals surface area contributed by atoms with E-state index in [1.54, 1.807) is 26.2 Å². The second-order valence-electron chi connectivity index (χ2n) is 6.69. The number of hydrogen-bond acceptors (Lipinski definition) is 6. The summed E-state index contributed by atoms with van der Waals surface area (Å²) in [5.41, 5.74) is 1.22. The number of aryl methyl sites for hydroxylation is 2. The Morgan fingerprint density at radius 2 is 2.07 bits per heavy atom. The molecule has 2 heterocycles. The van der Waals surface area contributed by atoms with E-state index < -0.39 is 0 Å². The maximum atomic E-state index is 12.5. The molecule has 8 heteroatoms. The average Bonchev–Trinajstić information content (AvgIpc) is 2.72. The topological polar surface area (TPSA) is 86.1 Å². The van der Waals surface area contributed by atoms with Crippen molar-refractivity contribution in [2.75, 3.05) is 11.9 Å². The van der Waals surface area contributed by atoms with Gasteiger partial charge in [0.25, 0.3) is 5.56 Å². The Balaban J connectivity index is 1.95. The van der Waals surface area contributed by atoms with Crippen LogP contribution in [0.15, 0.2) is 35.3 Å². The number of Topliss-reactive ketones (excluding diaryl/α,β-unsaturated/α-hetero) is 1. The smallest absolute Gasteiger partial charge is 0.293 e. The molecule has 0 atom stereocenters. The van der Waals surface area contributed by atoms with E-state index in [1.807, 2.05) is 18.2 Å². The van der Waals surface area contributed by atoms with Gasteiger partial charge < -0.3 is 14.6 Å². The summed E-state index contributed by atoms with van der Waals surface area (Å²) in [6, 6.07) is 7.21. The summed E-state index contributed by atoms with van der Waals surface area (Å²) < 4.78 is 6.96. The standard InChI is InChI=1S/C21H23ClN4O3/c1-4-6-19-23-11-16(22)20(25-19)24-14-7-8-17-13(9-14)10-18(21(28)26(17)3)29-12-15(27)5-2/h7-11H,4-6,12H2,1-3H3,(H,23,24,25). The van der Waals surface area contributed by atoms with Crippen molar-refractivity contribution in [3.05, 3.63) is 51.7 Å². The molecule has 0 bridgehead atoms. The molecule has 0 aliphatic heterocycles. The Kier molecular flexibility index (Phi) is 6.49. The summed E-state index contributed by atoms with van der Waals surface area (Å²) in [6.45, 7) is 3.70. The van der Waals surface area contributed by atoms with Gasteiger partial charge in [-0.2, -0.15) is 0 Å². The van der Waals surface area contributed by atoms with Crippen molar-refractivity contribution in [3.8, 4) is 5.75 Å². The largest absolute Gasteiger partial charge is 0.480 e. The predicted octanol–water partition coefficient (Wildman–Crippen LogP) is 4.04. The third kappa shape index (κ3) is 4.74. The first-order valence-electron chi connectivity index (χ1n) is 9.49. The molecule has 2 aromatic heterocycles. The summed E-state index contributed by atoms with van der Waals surface area (Å²) in [4.78, 5) is 32.7. The van der Waals surface area contributed by atoms with Crippen LogP contribution in [-0.4, -0.2) is 26.9 Å². The van der Waals surface area contributed by atoms with Gasteiger partial charge >= 0.3 is 0 Å². The van der Waals surface area contributed by atoms with Crippen LogP contribution in [0.3, 0.4) is 0 Å². The van der Waals surface area contributed by atoms with Crippen LogP contribution < -0.4 is 15.6 Å². The van der Waals surface area contributed by atoms with Gasteiger partial charge in [-0.25, -0.2) is 9.97 Å². The molecule has 1 aromatic carbocycles. The maximum Gasteiger partial charge on any atom is 0.293 e. The molecule has 29 heavy (non-hydrogen) atoms. The number of fused-ring (bicyclic) bond motifs is 1. The van der Waals surface area contributed by atoms with E-state index in [-0.39, 0.29) is 23.7 Å². The number of anilines is 2. The van der Waals surface area contributed by atoms with Crippen molar-refractivity contribution in [2.24, 2.45) is 7.05 Å². The number of halogens is 1. The van der Waals surface area contributed by atoms with Crippen molar-refractivity contribution in [1.82, 2.24) is 14.5 Å². The number of carbonyl (C=O) groups excluding carboxylic acids is 1. The van der Waals surface area contributed by atoms with Crippen molar-refractivity contribution >= 4 is 39.8 Å². The van der Waals surface area contributed by atoms with Crippen molar-refractivity contribution in [3.63, 3.8) is 0 Å². The highest BCUT2D eigenvalue weighted by molar-refractivity contribution is 6.32. The zero-order valence-corrected chi connectivity index (χ0v) is 17.4. The van der Waals surface area contributed by atoms with Crippen LogP contribution in [-0.2, 0) is 18.3 Å². The van der Waals surface area contributed by atoms with E-state index in [0.29, 0.717) is 17.3 Å². The quantitative estimate of drug-likeness (QED) is 0.598. The molecule has 0 aliphatic carbocycles. The molecule has 0 saturated heterocycles. The van der Waals surface area contributed by atoms with E-state index in [4.69, 9.17) is 16.3 Å². The molecule has 0 saturated carbocycles. The minimum absolute atomic E-state index is 0.0659. The molecule has 0 unspecified atom stereocenters. The number of pyridine rings is 1. The van der Waals surface area contributed by atoms with Crippen LogP contribution >= 0.6 is 11.6 Å². The summed E-state index contributed by atoms with van der Waals surface area (Å²) in [5.74, 6) is 1.33. The lowest BCUT2D eigenvalue weighted by molar-refractivity contribution is -0.120. The van der Waals surface area contributed by atoms with E-state index >= 15 is 0 Å². The third-order valence-electron chi connectivity index (χ3n) is 4.50. The fourth-order valence-electron chi connectivity index (χ4n) is 2.87. The van der Waals surface area contributed by atoms with Gasteiger partial charge in [-0.3, -0.25) is 9.59 Å². The highest BCUT2D eigenvalue weighted by Gasteiger charge is 2.11. The number of ether oxygens (including phenoxy) is 1. The highest BCUT2D eigenvalue weighted by Crippen LogP contribution is 2.26. The Morgan fingerprint density at radius 1 is 1.28 bits per heavy atom. The van der Waals surface area contributed by atoms with Gasteiger partial charge in [0.1, 0.15) is 17.5 Å². The molecule has 1 N–H and O–H groups in total. The average molecular weight is 415 g/mol. The molecule has 7 nitrogen and oxygen atoms in total. The first-order valence-corrected chi connectivity index (χ1v) is 9.87. The molecule has 0 fully saturated rings. The number of carbonyl (C=O) groups is 1. The minimum Gasteiger partial charge on any atom is -0.480 e. The Labute approximate surface area is 173 Å². The lowest BCUT2D eigenvalue weighted by Gasteiger charge is -2.12. The Hall–Kier alpha value is -2.93. The summed E-state index contributed by atoms with van der Waals surface area (Å²) >= 11 is 6.24. The molecule has 0 spiro atoms. The van der Waals surface area contributed by atoms with E-state index in [1.165, 1.54) is 4.57 Å². The number of aromatic nitrogens is 3. The number of nitrogens with one attached hydrogen (secondary N) is 1. The zero-order chi connectivity index (χ0) is 21.0. The number of hydrogen-bond donors (Lipinski definition) is 1. The molecule has 3 aromatic rings. The first-order chi connectivity index (χ1) is 13.9. The van der Waals surface area contributed by atoms with Gasteiger partial charge in [-0.1, -0.05) is 25.4 Å². The lowest BCUT2D eigenvalue weighted by Crippen LogP contribution is -2.21. The molecule has 3 rings (SSSR count). The van der Waals surface area contributed by atoms with Gasteiger partial charge in [-0.15, -0.1) is 0 Å². The van der Waals surface area contributed by atoms with Gasteiger partial charge in [0, 0.05) is 31.0 Å². The second-order valence-corrected chi connectivity index (χ2v) is 7.09. The van der Waals surface area contributed by atoms with Gasteiger partial charge in [0.15, 0.2) is 17.4 Å². The maximum absolute atomic E-state index is 12.5. The predicted molar refractivity (Wildman–Crippen MR) is 114 cm³/mol. The molecular weight excluding hydrogens is 392 g/mol. The monoisotopic (exact) mass is 414 g/mol. The van der Waals surface area contributed by atoms with Crippen LogP contribution in [0.1, 0.15) is 32.5 Å². The number of rotatable bonds is 8. The SMILES string of the molecule is CCCc1ncc(Cl)c(Nc2ccc3c(c2)cc(OCC(=O)CC)c(=O)n3C)n1. The van der Waals surface area contributed by atoms with Crippen molar-refractivity contribution in [2.45, 2.75) is 33.1 Å². The summed E-state index contributed by atoms with van der Waals surface area (Å²) in [7, 11) is 1.67. The van der Waals surface area contributed by atoms with Crippen LogP contribution in [0.4, 0.5) is 11.5 Å². The Morgan fingerprint density at radius 3 is 2.79 bits per heavy atom. The Bertz CT molecular complexity index is 1110. The second kappa shape index (κ2) is 9.05. The minimum atomic E-state index is -0.287. The van der Waals surface area contributed by atoms with E-state index in [0.717, 1.165) is 35.3 Å². The molecule has 0 amide bonds. The zero-order valence-electron chi connectivity index (χ0n) is 16.7. The number of benzene rings is 1. The fraction of sp³-hybridized carbons (Fsp3) is 0.333. The summed E-state index contributed by atoms with van der Waals surface area (Å²) in [6.07, 6.45) is 3.66.